The van der Waals surface area contributed by atoms with Crippen LogP contribution in [0.5, 0.6) is 0 Å². The molecule has 0 radical (unpaired) electrons. The van der Waals surface area contributed by atoms with Crippen molar-refractivity contribution >= 4 is 147 Å². The number of hydrogen-bond acceptors (Lipinski definition) is 7. The highest BCUT2D eigenvalue weighted by Crippen LogP contribution is 2.61. The van der Waals surface area contributed by atoms with E-state index in [0.717, 1.165) is 12.8 Å². The van der Waals surface area contributed by atoms with E-state index in [1.165, 1.54) is 159 Å². The number of aryl methyl sites for hydroxylation is 2. The van der Waals surface area contributed by atoms with Crippen LogP contribution in [0.25, 0.3) is 0 Å². The van der Waals surface area contributed by atoms with Gasteiger partial charge in [0, 0.05) is 46.4 Å². The smallest absolute Gasteiger partial charge is 0.264 e. The van der Waals surface area contributed by atoms with E-state index in [-0.39, 0.29) is 13.4 Å². The molecule has 9 heteroatoms. The molecule has 6 nitrogen and oxygen atoms in total. The summed E-state index contributed by atoms with van der Waals surface area (Å²) < 4.78 is 2.91. The lowest BCUT2D eigenvalue weighted by Crippen LogP contribution is -2.61. The molecule has 8 aromatic rings. The van der Waals surface area contributed by atoms with Crippen LogP contribution in [0.2, 0.25) is 0 Å². The SMILES string of the molecule is CCCCc1cc2c3c(c1)N(C)c1ccccc1N3c1cccc3c1B2c1sc2c4c1N3c1ccccc1N4c1cccc3c1B2c1ccc(CCCC)c2c1N3c1ccccc1N2C. The van der Waals surface area contributed by atoms with E-state index in [9.17, 15) is 0 Å². The molecule has 0 bridgehead atoms. The maximum Gasteiger partial charge on any atom is 0.264 e. The summed E-state index contributed by atoms with van der Waals surface area (Å²) in [6, 6.07) is 51.6. The van der Waals surface area contributed by atoms with Crippen LogP contribution < -0.4 is 60.8 Å². The summed E-state index contributed by atoms with van der Waals surface area (Å²) in [6.07, 6.45) is 6.82. The second kappa shape index (κ2) is 12.9. The van der Waals surface area contributed by atoms with Crippen molar-refractivity contribution in [1.82, 2.24) is 0 Å². The molecule has 0 fully saturated rings. The van der Waals surface area contributed by atoms with E-state index >= 15 is 0 Å². The molecule has 312 valence electrons. The Balaban J connectivity index is 1.05. The van der Waals surface area contributed by atoms with Crippen molar-refractivity contribution in [2.75, 3.05) is 43.5 Å². The molecule has 65 heavy (non-hydrogen) atoms. The first-order chi connectivity index (χ1) is 32.1. The molecule has 0 unspecified atom stereocenters. The Bertz CT molecular complexity index is 3430. The zero-order valence-electron chi connectivity index (χ0n) is 37.2. The molecular formula is C56H46B2N6S. The molecule has 7 aliphatic heterocycles. The van der Waals surface area contributed by atoms with Crippen LogP contribution in [0, 0.1) is 0 Å². The highest BCUT2D eigenvalue weighted by Gasteiger charge is 2.55. The van der Waals surface area contributed by atoms with E-state index in [1.807, 2.05) is 0 Å². The summed E-state index contributed by atoms with van der Waals surface area (Å²) in [5.41, 5.74) is 29.2. The van der Waals surface area contributed by atoms with Gasteiger partial charge >= 0.3 is 0 Å². The fraction of sp³-hybridized carbons (Fsp3) is 0.179. The van der Waals surface area contributed by atoms with Crippen molar-refractivity contribution in [1.29, 1.82) is 0 Å². The third-order valence-electron chi connectivity index (χ3n) is 15.7. The number of para-hydroxylation sites is 6. The molecule has 0 saturated heterocycles. The van der Waals surface area contributed by atoms with Gasteiger partial charge in [-0.2, -0.15) is 11.3 Å². The summed E-state index contributed by atoms with van der Waals surface area (Å²) in [7, 11) is 4.57. The van der Waals surface area contributed by atoms with Crippen molar-refractivity contribution in [2.24, 2.45) is 0 Å². The molecular weight excluding hydrogens is 810 g/mol. The minimum Gasteiger partial charge on any atom is -0.341 e. The lowest BCUT2D eigenvalue weighted by molar-refractivity contribution is 0.793. The van der Waals surface area contributed by atoms with Crippen molar-refractivity contribution in [3.8, 4) is 0 Å². The van der Waals surface area contributed by atoms with Gasteiger partial charge in [0.15, 0.2) is 0 Å². The zero-order chi connectivity index (χ0) is 43.0. The quantitative estimate of drug-likeness (QED) is 0.154. The number of rotatable bonds is 6. The first-order valence-corrected chi connectivity index (χ1v) is 24.6. The summed E-state index contributed by atoms with van der Waals surface area (Å²) in [5.74, 6) is 0. The number of nitrogens with zero attached hydrogens (tertiary/aromatic N) is 6. The molecule has 0 saturated carbocycles. The van der Waals surface area contributed by atoms with Crippen LogP contribution >= 0.6 is 11.3 Å². The van der Waals surface area contributed by atoms with Gasteiger partial charge in [-0.3, -0.25) is 0 Å². The third-order valence-corrected chi connectivity index (χ3v) is 17.0. The fourth-order valence-electron chi connectivity index (χ4n) is 13.0. The molecule has 0 atom stereocenters. The maximum absolute atomic E-state index is 2.66. The Hall–Kier alpha value is -6.83. The Labute approximate surface area is 385 Å². The highest BCUT2D eigenvalue weighted by molar-refractivity contribution is 7.39. The molecule has 7 aliphatic rings. The number of anilines is 16. The Morgan fingerprint density at radius 1 is 0.400 bits per heavy atom. The normalized spacial score (nSPS) is 15.2. The average molecular weight is 857 g/mol. The summed E-state index contributed by atoms with van der Waals surface area (Å²) >= 11 is 2.09. The third kappa shape index (κ3) is 4.39. The number of thiophene rings is 1. The summed E-state index contributed by atoms with van der Waals surface area (Å²) in [6.45, 7) is 4.78. The maximum atomic E-state index is 2.66. The van der Waals surface area contributed by atoms with Crippen molar-refractivity contribution in [3.05, 3.63) is 145 Å². The van der Waals surface area contributed by atoms with Crippen molar-refractivity contribution in [2.45, 2.75) is 52.4 Å². The minimum atomic E-state index is 0.0736. The largest absolute Gasteiger partial charge is 0.341 e. The van der Waals surface area contributed by atoms with Gasteiger partial charge in [-0.25, -0.2) is 0 Å². The molecule has 1 aromatic heterocycles. The van der Waals surface area contributed by atoms with Gasteiger partial charge in [0.05, 0.1) is 68.2 Å². The molecule has 0 aliphatic carbocycles. The predicted molar refractivity (Wildman–Crippen MR) is 279 cm³/mol. The van der Waals surface area contributed by atoms with Gasteiger partial charge in [0.25, 0.3) is 13.4 Å². The molecule has 7 aromatic carbocycles. The van der Waals surface area contributed by atoms with Gasteiger partial charge in [-0.05, 0) is 125 Å². The van der Waals surface area contributed by atoms with Crippen LogP contribution in [0.15, 0.2) is 133 Å². The van der Waals surface area contributed by atoms with Crippen LogP contribution in [0.3, 0.4) is 0 Å². The molecule has 0 N–H and O–H groups in total. The molecule has 0 spiro atoms. The summed E-state index contributed by atoms with van der Waals surface area (Å²) in [5, 5.41) is 0. The fourth-order valence-corrected chi connectivity index (χ4v) is 14.6. The van der Waals surface area contributed by atoms with Crippen LogP contribution in [0.4, 0.5) is 91.0 Å². The second-order valence-electron chi connectivity index (χ2n) is 19.0. The molecule has 8 heterocycles. The molecule has 15 rings (SSSR count). The lowest BCUT2D eigenvalue weighted by atomic mass is 9.35. The van der Waals surface area contributed by atoms with Gasteiger partial charge in [0.2, 0.25) is 0 Å². The van der Waals surface area contributed by atoms with Crippen LogP contribution in [0.1, 0.15) is 50.7 Å². The number of benzene rings is 7. The first kappa shape index (κ1) is 36.5. The number of hydrogen-bond donors (Lipinski definition) is 0. The average Bonchev–Trinajstić information content (AvgIpc) is 3.74. The van der Waals surface area contributed by atoms with Gasteiger partial charge < -0.3 is 29.4 Å². The Morgan fingerprint density at radius 3 is 1.43 bits per heavy atom. The topological polar surface area (TPSA) is 19.4 Å². The monoisotopic (exact) mass is 856 g/mol. The van der Waals surface area contributed by atoms with E-state index in [4.69, 9.17) is 0 Å². The first-order valence-electron chi connectivity index (χ1n) is 23.8. The predicted octanol–water partition coefficient (Wildman–Crippen LogP) is 11.1. The second-order valence-corrected chi connectivity index (χ2v) is 20.1. The zero-order valence-corrected chi connectivity index (χ0v) is 38.0. The number of unbranched alkanes of at least 4 members (excludes halogenated alkanes) is 2. The van der Waals surface area contributed by atoms with Crippen LogP contribution in [-0.2, 0) is 12.8 Å². The van der Waals surface area contributed by atoms with Gasteiger partial charge in [-0.1, -0.05) is 93.4 Å². The van der Waals surface area contributed by atoms with Gasteiger partial charge in [0.1, 0.15) is 0 Å². The van der Waals surface area contributed by atoms with E-state index in [2.05, 4.69) is 202 Å². The number of fused-ring (bicyclic) bond motifs is 15. The van der Waals surface area contributed by atoms with E-state index < -0.39 is 0 Å². The van der Waals surface area contributed by atoms with E-state index in [1.54, 1.807) is 0 Å². The minimum absolute atomic E-state index is 0.0736. The standard InChI is InChI=1S/C56H46B2N6S/c1-5-7-17-33-31-36-51-47(32-33)59(3)37-19-9-11-21-39(37)61(51)43-25-15-28-46-49(43)58(36)56-54-53-55(65-56)57-35-30-29-34(18-8-6-2)50-52(35)62(40-22-12-10-20-38(40)60(50)4)44-26-16-27-45(48(44)57)63(53)41-23-13-14-24-42(41)64(46)54/h9-16,19-32H,5-8,17-18H2,1-4H3. The highest BCUT2D eigenvalue weighted by atomic mass is 32.1. The van der Waals surface area contributed by atoms with Gasteiger partial charge in [-0.15, -0.1) is 0 Å². The lowest BCUT2D eigenvalue weighted by Gasteiger charge is -2.51. The Kier molecular flexibility index (Phi) is 7.25. The van der Waals surface area contributed by atoms with Crippen molar-refractivity contribution in [3.63, 3.8) is 0 Å². The summed E-state index contributed by atoms with van der Waals surface area (Å²) in [4.78, 5) is 15.5. The van der Waals surface area contributed by atoms with E-state index in [0.29, 0.717) is 0 Å². The molecule has 0 amide bonds. The van der Waals surface area contributed by atoms with Crippen LogP contribution in [-0.4, -0.2) is 27.5 Å². The van der Waals surface area contributed by atoms with Crippen molar-refractivity contribution < 1.29 is 0 Å². The Morgan fingerprint density at radius 2 is 0.862 bits per heavy atom.